The number of rotatable bonds is 3. The van der Waals surface area contributed by atoms with E-state index < -0.39 is 0 Å². The first-order chi connectivity index (χ1) is 6.19. The van der Waals surface area contributed by atoms with Gasteiger partial charge in [-0.2, -0.15) is 0 Å². The van der Waals surface area contributed by atoms with Crippen LogP contribution in [0.15, 0.2) is 15.6 Å². The zero-order chi connectivity index (χ0) is 9.84. The van der Waals surface area contributed by atoms with Crippen LogP contribution in [0.1, 0.15) is 6.92 Å². The van der Waals surface area contributed by atoms with Crippen molar-refractivity contribution in [1.29, 1.82) is 0 Å². The Morgan fingerprint density at radius 3 is 2.92 bits per heavy atom. The molecule has 1 rings (SSSR count). The van der Waals surface area contributed by atoms with Crippen molar-refractivity contribution in [3.05, 3.63) is 10.5 Å². The largest absolute Gasteiger partial charge is 0.480 e. The Bertz CT molecular complexity index is 306. The van der Waals surface area contributed by atoms with E-state index >= 15 is 0 Å². The van der Waals surface area contributed by atoms with E-state index in [4.69, 9.17) is 10.5 Å². The predicted octanol–water partition coefficient (Wildman–Crippen LogP) is 2.55. The lowest BCUT2D eigenvalue weighted by atomic mass is 10.4. The molecule has 0 spiro atoms. The second-order valence-corrected chi connectivity index (χ2v) is 4.38. The molecule has 2 N–H and O–H groups in total. The van der Waals surface area contributed by atoms with Crippen LogP contribution in [0.25, 0.3) is 0 Å². The average molecular weight is 263 g/mol. The monoisotopic (exact) mass is 262 g/mol. The number of methoxy groups -OCH3 is 1. The Balaban J connectivity index is 3.06. The molecular weight excluding hydrogens is 252 g/mol. The molecule has 0 saturated carbocycles. The zero-order valence-corrected chi connectivity index (χ0v) is 9.91. The molecule has 0 amide bonds. The van der Waals surface area contributed by atoms with Crippen LogP contribution in [0.2, 0.25) is 0 Å². The first-order valence-corrected chi connectivity index (χ1v) is 5.59. The van der Waals surface area contributed by atoms with E-state index in [1.165, 1.54) is 0 Å². The molecule has 72 valence electrons. The van der Waals surface area contributed by atoms with Crippen LogP contribution in [0.3, 0.4) is 0 Å². The van der Waals surface area contributed by atoms with Gasteiger partial charge in [0.2, 0.25) is 5.88 Å². The fraction of sp³-hybridized carbons (Fsp3) is 0.375. The highest BCUT2D eigenvalue weighted by atomic mass is 79.9. The van der Waals surface area contributed by atoms with Crippen molar-refractivity contribution in [3.63, 3.8) is 0 Å². The fourth-order valence-corrected chi connectivity index (χ4v) is 1.88. The second kappa shape index (κ2) is 4.72. The number of pyridine rings is 1. The summed E-state index contributed by atoms with van der Waals surface area (Å²) in [7, 11) is 1.58. The molecule has 0 radical (unpaired) electrons. The summed E-state index contributed by atoms with van der Waals surface area (Å²) in [6.45, 7) is 2.07. The summed E-state index contributed by atoms with van der Waals surface area (Å²) in [5.74, 6) is 1.51. The van der Waals surface area contributed by atoms with E-state index in [0.717, 1.165) is 15.3 Å². The molecule has 0 unspecified atom stereocenters. The molecule has 0 aromatic carbocycles. The summed E-state index contributed by atoms with van der Waals surface area (Å²) in [5, 5.41) is 0.889. The van der Waals surface area contributed by atoms with Crippen LogP contribution in [0.5, 0.6) is 5.88 Å². The summed E-state index contributed by atoms with van der Waals surface area (Å²) in [6, 6.07) is 1.83. The van der Waals surface area contributed by atoms with Crippen molar-refractivity contribution in [2.24, 2.45) is 0 Å². The summed E-state index contributed by atoms with van der Waals surface area (Å²) in [4.78, 5) is 4.26. The molecule has 0 bridgehead atoms. The van der Waals surface area contributed by atoms with Crippen LogP contribution in [-0.4, -0.2) is 17.8 Å². The van der Waals surface area contributed by atoms with Gasteiger partial charge in [-0.3, -0.25) is 0 Å². The van der Waals surface area contributed by atoms with Gasteiger partial charge in [-0.1, -0.05) is 6.92 Å². The van der Waals surface area contributed by atoms with Crippen LogP contribution < -0.4 is 10.5 Å². The minimum absolute atomic E-state index is 0.538. The van der Waals surface area contributed by atoms with Gasteiger partial charge in [0, 0.05) is 0 Å². The summed E-state index contributed by atoms with van der Waals surface area (Å²) in [6.07, 6.45) is 0. The average Bonchev–Trinajstić information content (AvgIpc) is 2.11. The van der Waals surface area contributed by atoms with Gasteiger partial charge in [0.05, 0.1) is 12.8 Å². The number of nitrogens with two attached hydrogens (primary N) is 1. The van der Waals surface area contributed by atoms with Gasteiger partial charge >= 0.3 is 0 Å². The molecule has 5 heteroatoms. The molecule has 0 aliphatic heterocycles. The van der Waals surface area contributed by atoms with Crippen molar-refractivity contribution in [2.75, 3.05) is 18.6 Å². The third-order valence-electron chi connectivity index (χ3n) is 1.42. The highest BCUT2D eigenvalue weighted by Gasteiger charge is 2.08. The van der Waals surface area contributed by atoms with Crippen molar-refractivity contribution in [2.45, 2.75) is 11.9 Å². The number of anilines is 1. The van der Waals surface area contributed by atoms with Gasteiger partial charge in [0.15, 0.2) is 0 Å². The number of nitrogens with zero attached hydrogens (tertiary/aromatic N) is 1. The number of halogens is 1. The maximum Gasteiger partial charge on any atom is 0.230 e. The summed E-state index contributed by atoms with van der Waals surface area (Å²) >= 11 is 4.94. The smallest absolute Gasteiger partial charge is 0.230 e. The SMILES string of the molecule is CCSc1cc(N)c(Br)c(OC)n1. The number of hydrogen-bond acceptors (Lipinski definition) is 4. The number of thioether (sulfide) groups is 1. The molecule has 0 fully saturated rings. The maximum atomic E-state index is 5.75. The fourth-order valence-electron chi connectivity index (χ4n) is 0.858. The van der Waals surface area contributed by atoms with Gasteiger partial charge in [0.1, 0.15) is 9.50 Å². The number of nitrogen functional groups attached to an aromatic ring is 1. The first kappa shape index (κ1) is 10.7. The summed E-state index contributed by atoms with van der Waals surface area (Å²) in [5.41, 5.74) is 6.40. The molecule has 0 aliphatic rings. The third kappa shape index (κ3) is 2.51. The van der Waals surface area contributed by atoms with E-state index in [0.29, 0.717) is 11.6 Å². The maximum absolute atomic E-state index is 5.75. The van der Waals surface area contributed by atoms with Gasteiger partial charge in [-0.15, -0.1) is 11.8 Å². The molecule has 1 aromatic heterocycles. The van der Waals surface area contributed by atoms with E-state index in [-0.39, 0.29) is 0 Å². The quantitative estimate of drug-likeness (QED) is 0.851. The van der Waals surface area contributed by atoms with Crippen LogP contribution >= 0.6 is 27.7 Å². The minimum Gasteiger partial charge on any atom is -0.480 e. The van der Waals surface area contributed by atoms with E-state index in [1.54, 1.807) is 18.9 Å². The number of ether oxygens (including phenoxy) is 1. The van der Waals surface area contributed by atoms with E-state index in [1.807, 2.05) is 6.07 Å². The van der Waals surface area contributed by atoms with Crippen molar-refractivity contribution in [3.8, 4) is 5.88 Å². The molecular formula is C8H11BrN2OS. The van der Waals surface area contributed by atoms with Gasteiger partial charge in [-0.05, 0) is 27.7 Å². The van der Waals surface area contributed by atoms with Crippen LogP contribution in [-0.2, 0) is 0 Å². The second-order valence-electron chi connectivity index (χ2n) is 2.31. The normalized spacial score (nSPS) is 10.1. The van der Waals surface area contributed by atoms with Gasteiger partial charge < -0.3 is 10.5 Å². The highest BCUT2D eigenvalue weighted by molar-refractivity contribution is 9.10. The topological polar surface area (TPSA) is 48.1 Å². The first-order valence-electron chi connectivity index (χ1n) is 3.81. The van der Waals surface area contributed by atoms with Gasteiger partial charge in [-0.25, -0.2) is 4.98 Å². The molecule has 0 aliphatic carbocycles. The Kier molecular flexibility index (Phi) is 3.87. The molecule has 3 nitrogen and oxygen atoms in total. The predicted molar refractivity (Wildman–Crippen MR) is 59.3 cm³/mol. The lowest BCUT2D eigenvalue weighted by Crippen LogP contribution is -1.96. The number of hydrogen-bond donors (Lipinski definition) is 1. The van der Waals surface area contributed by atoms with Gasteiger partial charge in [0.25, 0.3) is 0 Å². The molecule has 0 saturated heterocycles. The van der Waals surface area contributed by atoms with Crippen LogP contribution in [0, 0.1) is 0 Å². The Labute approximate surface area is 90.2 Å². The van der Waals surface area contributed by atoms with Crippen molar-refractivity contribution in [1.82, 2.24) is 4.98 Å². The Hall–Kier alpha value is -0.420. The molecule has 13 heavy (non-hydrogen) atoms. The summed E-state index contributed by atoms with van der Waals surface area (Å²) < 4.78 is 5.78. The molecule has 1 aromatic rings. The van der Waals surface area contributed by atoms with E-state index in [9.17, 15) is 0 Å². The Morgan fingerprint density at radius 2 is 2.38 bits per heavy atom. The molecule has 1 heterocycles. The third-order valence-corrected chi connectivity index (χ3v) is 3.01. The van der Waals surface area contributed by atoms with Crippen molar-refractivity contribution >= 4 is 33.4 Å². The highest BCUT2D eigenvalue weighted by Crippen LogP contribution is 2.32. The van der Waals surface area contributed by atoms with Crippen LogP contribution in [0.4, 0.5) is 5.69 Å². The lowest BCUT2D eigenvalue weighted by molar-refractivity contribution is 0.392. The Morgan fingerprint density at radius 1 is 1.69 bits per heavy atom. The zero-order valence-electron chi connectivity index (χ0n) is 7.50. The molecule has 0 atom stereocenters. The lowest BCUT2D eigenvalue weighted by Gasteiger charge is -2.07. The van der Waals surface area contributed by atoms with E-state index in [2.05, 4.69) is 27.8 Å². The standard InChI is InChI=1S/C8H11BrN2OS/c1-3-13-6-4-5(10)7(9)8(11-6)12-2/h4H,3H2,1-2H3,(H2,10,11). The number of aromatic nitrogens is 1. The van der Waals surface area contributed by atoms with Crippen molar-refractivity contribution < 1.29 is 4.74 Å². The minimum atomic E-state index is 0.538.